The third-order valence-corrected chi connectivity index (χ3v) is 5.25. The smallest absolute Gasteiger partial charge is 0.262 e. The predicted octanol–water partition coefficient (Wildman–Crippen LogP) is 3.88. The molecule has 0 bridgehead atoms. The molecule has 0 fully saturated rings. The first-order valence-electron chi connectivity index (χ1n) is 8.84. The molecule has 0 N–H and O–H groups in total. The van der Waals surface area contributed by atoms with Gasteiger partial charge in [-0.1, -0.05) is 29.8 Å². The minimum absolute atomic E-state index is 0.0455. The van der Waals surface area contributed by atoms with Gasteiger partial charge in [-0.05, 0) is 29.8 Å². The highest BCUT2D eigenvalue weighted by atomic mass is 35.5. The molecule has 4 rings (SSSR count). The van der Waals surface area contributed by atoms with Crippen molar-refractivity contribution in [2.24, 2.45) is 7.05 Å². The molecule has 0 amide bonds. The van der Waals surface area contributed by atoms with Gasteiger partial charge in [0, 0.05) is 36.8 Å². The Bertz CT molecular complexity index is 1280. The van der Waals surface area contributed by atoms with E-state index in [0.717, 1.165) is 10.9 Å². The lowest BCUT2D eigenvalue weighted by Crippen LogP contribution is -2.22. The standard InChI is InChI=1S/C21H17ClFN3O2/c1-25-20-16-7-6-14(23)11-19(16)26(21(28)17(20)12-24-25)9-8-15(27)10-13-4-2-3-5-18(13)22/h2-7,11-12H,8-10H2,1H3. The first kappa shape index (κ1) is 18.4. The predicted molar refractivity (Wildman–Crippen MR) is 107 cm³/mol. The second-order valence-corrected chi connectivity index (χ2v) is 7.11. The summed E-state index contributed by atoms with van der Waals surface area (Å²) in [5, 5.41) is 5.86. The topological polar surface area (TPSA) is 56.9 Å². The lowest BCUT2D eigenvalue weighted by molar-refractivity contribution is -0.118. The third-order valence-electron chi connectivity index (χ3n) is 4.88. The van der Waals surface area contributed by atoms with Crippen molar-refractivity contribution in [3.05, 3.63) is 75.4 Å². The van der Waals surface area contributed by atoms with Crippen LogP contribution in [0.25, 0.3) is 21.8 Å². The van der Waals surface area contributed by atoms with Crippen LogP contribution in [0.1, 0.15) is 12.0 Å². The van der Waals surface area contributed by atoms with Crippen LogP contribution in [-0.2, 0) is 24.8 Å². The summed E-state index contributed by atoms with van der Waals surface area (Å²) in [7, 11) is 1.74. The number of nitrogens with zero attached hydrogens (tertiary/aromatic N) is 3. The number of Topliss-reactive ketones (excluding diaryl/α,β-unsaturated/α-hetero) is 1. The Labute approximate surface area is 165 Å². The van der Waals surface area contributed by atoms with Crippen LogP contribution < -0.4 is 5.56 Å². The molecule has 0 spiro atoms. The number of hydrogen-bond donors (Lipinski definition) is 0. The van der Waals surface area contributed by atoms with E-state index in [-0.39, 0.29) is 30.7 Å². The number of hydrogen-bond acceptors (Lipinski definition) is 3. The first-order chi connectivity index (χ1) is 13.5. The van der Waals surface area contributed by atoms with Gasteiger partial charge in [0.1, 0.15) is 11.6 Å². The van der Waals surface area contributed by atoms with Crippen molar-refractivity contribution >= 4 is 39.2 Å². The van der Waals surface area contributed by atoms with Crippen molar-refractivity contribution in [1.29, 1.82) is 0 Å². The molecular weight excluding hydrogens is 381 g/mol. The number of carbonyl (C=O) groups is 1. The Hall–Kier alpha value is -2.99. The summed E-state index contributed by atoms with van der Waals surface area (Å²) in [6.07, 6.45) is 1.83. The van der Waals surface area contributed by atoms with Crippen molar-refractivity contribution in [2.45, 2.75) is 19.4 Å². The highest BCUT2D eigenvalue weighted by molar-refractivity contribution is 6.31. The lowest BCUT2D eigenvalue weighted by Gasteiger charge is -2.12. The number of aryl methyl sites for hydroxylation is 2. The number of halogens is 2. The van der Waals surface area contributed by atoms with Gasteiger partial charge < -0.3 is 4.57 Å². The molecule has 0 aliphatic rings. The van der Waals surface area contributed by atoms with Gasteiger partial charge in [-0.15, -0.1) is 0 Å². The molecule has 4 aromatic rings. The highest BCUT2D eigenvalue weighted by Gasteiger charge is 2.16. The summed E-state index contributed by atoms with van der Waals surface area (Å²) in [5.74, 6) is -0.486. The van der Waals surface area contributed by atoms with Crippen LogP contribution in [-0.4, -0.2) is 20.1 Å². The van der Waals surface area contributed by atoms with Crippen molar-refractivity contribution in [3.8, 4) is 0 Å². The zero-order valence-electron chi connectivity index (χ0n) is 15.2. The zero-order chi connectivity index (χ0) is 19.8. The van der Waals surface area contributed by atoms with E-state index in [0.29, 0.717) is 21.4 Å². The quantitative estimate of drug-likeness (QED) is 0.513. The van der Waals surface area contributed by atoms with Gasteiger partial charge in [0.15, 0.2) is 0 Å². The third kappa shape index (κ3) is 3.20. The molecule has 0 atom stereocenters. The molecule has 0 aliphatic carbocycles. The van der Waals surface area contributed by atoms with E-state index in [1.54, 1.807) is 36.0 Å². The molecule has 28 heavy (non-hydrogen) atoms. The molecule has 7 heteroatoms. The molecule has 142 valence electrons. The summed E-state index contributed by atoms with van der Waals surface area (Å²) in [6.45, 7) is 0.160. The fourth-order valence-electron chi connectivity index (χ4n) is 3.50. The van der Waals surface area contributed by atoms with Crippen LogP contribution in [0.5, 0.6) is 0 Å². The Morgan fingerprint density at radius 3 is 2.75 bits per heavy atom. The SMILES string of the molecule is Cn1ncc2c(=O)n(CCC(=O)Cc3ccccc3Cl)c3cc(F)ccc3c21. The lowest BCUT2D eigenvalue weighted by atomic mass is 10.1. The maximum absolute atomic E-state index is 13.9. The van der Waals surface area contributed by atoms with E-state index in [1.165, 1.54) is 22.9 Å². The number of pyridine rings is 1. The van der Waals surface area contributed by atoms with Gasteiger partial charge >= 0.3 is 0 Å². The van der Waals surface area contributed by atoms with Crippen molar-refractivity contribution in [2.75, 3.05) is 0 Å². The zero-order valence-corrected chi connectivity index (χ0v) is 15.9. The Balaban J connectivity index is 1.71. The molecule has 0 saturated heterocycles. The molecular formula is C21H17ClFN3O2. The van der Waals surface area contributed by atoms with Crippen LogP contribution in [0.4, 0.5) is 4.39 Å². The molecule has 2 aromatic carbocycles. The normalized spacial score (nSPS) is 11.4. The number of aromatic nitrogens is 3. The minimum Gasteiger partial charge on any atom is -0.307 e. The maximum Gasteiger partial charge on any atom is 0.262 e. The Kier molecular flexibility index (Phi) is 4.73. The van der Waals surface area contributed by atoms with Gasteiger partial charge in [0.25, 0.3) is 5.56 Å². The summed E-state index contributed by atoms with van der Waals surface area (Å²) in [4.78, 5) is 25.4. The number of carbonyl (C=O) groups excluding carboxylic acids is 1. The number of benzene rings is 2. The fourth-order valence-corrected chi connectivity index (χ4v) is 3.70. The second-order valence-electron chi connectivity index (χ2n) is 6.71. The Morgan fingerprint density at radius 2 is 1.96 bits per heavy atom. The molecule has 0 saturated carbocycles. The average Bonchev–Trinajstić information content (AvgIpc) is 3.05. The number of fused-ring (bicyclic) bond motifs is 3. The van der Waals surface area contributed by atoms with Crippen molar-refractivity contribution < 1.29 is 9.18 Å². The van der Waals surface area contributed by atoms with Crippen LogP contribution in [0.2, 0.25) is 5.02 Å². The van der Waals surface area contributed by atoms with Crippen LogP contribution in [0.15, 0.2) is 53.5 Å². The first-order valence-corrected chi connectivity index (χ1v) is 9.22. The van der Waals surface area contributed by atoms with Gasteiger partial charge in [-0.3, -0.25) is 14.3 Å². The average molecular weight is 398 g/mol. The molecule has 5 nitrogen and oxygen atoms in total. The molecule has 2 aromatic heterocycles. The Morgan fingerprint density at radius 1 is 1.18 bits per heavy atom. The van der Waals surface area contributed by atoms with E-state index < -0.39 is 5.82 Å². The van der Waals surface area contributed by atoms with Gasteiger partial charge in [-0.2, -0.15) is 5.10 Å². The van der Waals surface area contributed by atoms with Crippen LogP contribution in [0, 0.1) is 5.82 Å². The summed E-state index contributed by atoms with van der Waals surface area (Å²) < 4.78 is 16.9. The molecule has 0 radical (unpaired) electrons. The minimum atomic E-state index is -0.440. The summed E-state index contributed by atoms with van der Waals surface area (Å²) in [5.41, 5.74) is 1.57. The van der Waals surface area contributed by atoms with Crippen LogP contribution >= 0.6 is 11.6 Å². The summed E-state index contributed by atoms with van der Waals surface area (Å²) in [6, 6.07) is 11.5. The van der Waals surface area contributed by atoms with E-state index >= 15 is 0 Å². The second kappa shape index (κ2) is 7.20. The maximum atomic E-state index is 13.9. The summed E-state index contributed by atoms with van der Waals surface area (Å²) >= 11 is 6.12. The highest BCUT2D eigenvalue weighted by Crippen LogP contribution is 2.23. The van der Waals surface area contributed by atoms with E-state index in [1.807, 2.05) is 6.07 Å². The largest absolute Gasteiger partial charge is 0.307 e. The molecule has 0 aliphatic heterocycles. The molecule has 0 unspecified atom stereocenters. The van der Waals surface area contributed by atoms with E-state index in [4.69, 9.17) is 11.6 Å². The monoisotopic (exact) mass is 397 g/mol. The van der Waals surface area contributed by atoms with Gasteiger partial charge in [-0.25, -0.2) is 4.39 Å². The van der Waals surface area contributed by atoms with E-state index in [9.17, 15) is 14.0 Å². The van der Waals surface area contributed by atoms with E-state index in [2.05, 4.69) is 5.10 Å². The number of rotatable bonds is 5. The molecule has 2 heterocycles. The van der Waals surface area contributed by atoms with Crippen LogP contribution in [0.3, 0.4) is 0 Å². The van der Waals surface area contributed by atoms with Crippen molar-refractivity contribution in [1.82, 2.24) is 14.3 Å². The fraction of sp³-hybridized carbons (Fsp3) is 0.190. The van der Waals surface area contributed by atoms with Gasteiger partial charge in [0.05, 0.1) is 22.6 Å². The van der Waals surface area contributed by atoms with Crippen molar-refractivity contribution in [3.63, 3.8) is 0 Å². The number of ketones is 1. The van der Waals surface area contributed by atoms with Gasteiger partial charge in [0.2, 0.25) is 0 Å².